The van der Waals surface area contributed by atoms with Gasteiger partial charge in [-0.3, -0.25) is 0 Å². The number of pyridine rings is 1. The normalized spacial score (nSPS) is 20.6. The summed E-state index contributed by atoms with van der Waals surface area (Å²) in [6.45, 7) is 6.44. The number of benzene rings is 1. The van der Waals surface area contributed by atoms with Gasteiger partial charge in [-0.1, -0.05) is 18.2 Å². The van der Waals surface area contributed by atoms with E-state index in [1.54, 1.807) is 32.0 Å². The van der Waals surface area contributed by atoms with E-state index in [9.17, 15) is 10.2 Å². The summed E-state index contributed by atoms with van der Waals surface area (Å²) in [4.78, 5) is 6.17. The first-order chi connectivity index (χ1) is 16.5. The summed E-state index contributed by atoms with van der Waals surface area (Å²) < 4.78 is 35.3. The van der Waals surface area contributed by atoms with Gasteiger partial charge >= 0.3 is 0 Å². The van der Waals surface area contributed by atoms with Crippen LogP contribution in [0.25, 0.3) is 10.9 Å². The number of aromatic nitrogens is 3. The third-order valence-electron chi connectivity index (χ3n) is 6.74. The molecular formula is C25H29F2N5O3. The van der Waals surface area contributed by atoms with Crippen LogP contribution in [0.3, 0.4) is 0 Å². The molecule has 10 heteroatoms. The van der Waals surface area contributed by atoms with Gasteiger partial charge in [0.05, 0.1) is 17.3 Å². The number of ether oxygens (including phenoxy) is 1. The monoisotopic (exact) mass is 485 g/mol. The summed E-state index contributed by atoms with van der Waals surface area (Å²) in [6.07, 6.45) is -0.130. The number of β-amino-alcohol motifs (C(OH)–C–C–N with tert-alkyl or cyclic N) is 1. The lowest BCUT2D eigenvalue weighted by molar-refractivity contribution is -0.122. The molecule has 5 rings (SSSR count). The quantitative estimate of drug-likeness (QED) is 0.481. The summed E-state index contributed by atoms with van der Waals surface area (Å²) in [6, 6.07) is 7.75. The van der Waals surface area contributed by atoms with Crippen molar-refractivity contribution in [2.75, 3.05) is 29.9 Å². The Morgan fingerprint density at radius 2 is 2.03 bits per heavy atom. The maximum atomic E-state index is 15.0. The summed E-state index contributed by atoms with van der Waals surface area (Å²) in [5.74, 6) is -2.79. The number of nitrogens with one attached hydrogen (secondary N) is 1. The van der Waals surface area contributed by atoms with E-state index in [2.05, 4.69) is 20.5 Å². The molecular weight excluding hydrogens is 456 g/mol. The smallest absolute Gasteiger partial charge is 0.298 e. The number of anilines is 2. The van der Waals surface area contributed by atoms with Crippen LogP contribution in [0.1, 0.15) is 49.6 Å². The van der Waals surface area contributed by atoms with Crippen molar-refractivity contribution in [3.05, 3.63) is 47.2 Å². The number of aryl methyl sites for hydroxylation is 1. The van der Waals surface area contributed by atoms with E-state index in [4.69, 9.17) is 4.74 Å². The molecule has 0 radical (unpaired) electrons. The number of halogens is 2. The van der Waals surface area contributed by atoms with E-state index in [0.717, 1.165) is 0 Å². The average Bonchev–Trinajstić information content (AvgIpc) is 3.35. The molecule has 2 atom stereocenters. The van der Waals surface area contributed by atoms with Crippen molar-refractivity contribution in [2.45, 2.75) is 57.3 Å². The van der Waals surface area contributed by atoms with Crippen molar-refractivity contribution in [1.82, 2.24) is 15.2 Å². The zero-order valence-electron chi connectivity index (χ0n) is 19.9. The highest BCUT2D eigenvalue weighted by Gasteiger charge is 2.44. The highest BCUT2D eigenvalue weighted by atomic mass is 19.3. The number of rotatable bonds is 6. The highest BCUT2D eigenvalue weighted by Crippen LogP contribution is 2.40. The van der Waals surface area contributed by atoms with Crippen molar-refractivity contribution in [3.8, 4) is 5.88 Å². The predicted molar refractivity (Wildman–Crippen MR) is 128 cm³/mol. The lowest BCUT2D eigenvalue weighted by Gasteiger charge is -2.45. The molecule has 8 nitrogen and oxygen atoms in total. The second-order valence-corrected chi connectivity index (χ2v) is 9.83. The summed E-state index contributed by atoms with van der Waals surface area (Å²) in [5, 5.41) is 33.0. The summed E-state index contributed by atoms with van der Waals surface area (Å²) in [7, 11) is 0. The molecule has 1 aromatic carbocycles. The van der Waals surface area contributed by atoms with Crippen LogP contribution < -0.4 is 10.2 Å². The first kappa shape index (κ1) is 23.6. The molecule has 0 saturated carbocycles. The van der Waals surface area contributed by atoms with Gasteiger partial charge < -0.3 is 25.2 Å². The fraction of sp³-hybridized carbons (Fsp3) is 0.480. The standard InChI is InChI=1S/C25H29F2N5O3/c1-14(16-6-4-7-17(10-16)25(26,27)20-8-5-9-35-20)28-22-18-11-19(32-12-24(3,34)13-32)23(33)29-21(18)15(2)30-31-22/h4,6-7,10-11,14,20,34H,5,8-9,12-13H2,1-3H3,(H,28,31)(H,29,33)/t14-,20?/m1/s1. The zero-order chi connectivity index (χ0) is 25.0. The van der Waals surface area contributed by atoms with Crippen LogP contribution in [0.15, 0.2) is 30.3 Å². The van der Waals surface area contributed by atoms with E-state index in [1.165, 1.54) is 12.1 Å². The molecule has 1 unspecified atom stereocenters. The van der Waals surface area contributed by atoms with Crippen LogP contribution in [0.4, 0.5) is 20.3 Å². The number of nitrogens with zero attached hydrogens (tertiary/aromatic N) is 4. The molecule has 0 amide bonds. The number of hydrogen-bond donors (Lipinski definition) is 3. The van der Waals surface area contributed by atoms with Crippen molar-refractivity contribution in [1.29, 1.82) is 0 Å². The molecule has 35 heavy (non-hydrogen) atoms. The molecule has 0 spiro atoms. The molecule has 3 aromatic rings. The molecule has 186 valence electrons. The SMILES string of the molecule is Cc1nnc(N[C@H](C)c2cccc(C(F)(F)C3CCCO3)c2)c2cc(N3CC(C)(O)C3)c(O)nc12. The van der Waals surface area contributed by atoms with Gasteiger partial charge in [0.1, 0.15) is 17.3 Å². The van der Waals surface area contributed by atoms with Gasteiger partial charge in [0.25, 0.3) is 5.92 Å². The molecule has 3 N–H and O–H groups in total. The number of alkyl halides is 2. The van der Waals surface area contributed by atoms with Crippen molar-refractivity contribution in [3.63, 3.8) is 0 Å². The van der Waals surface area contributed by atoms with Gasteiger partial charge in [-0.15, -0.1) is 5.10 Å². The van der Waals surface area contributed by atoms with E-state index < -0.39 is 17.6 Å². The fourth-order valence-electron chi connectivity index (χ4n) is 4.81. The second kappa shape index (κ2) is 8.53. The second-order valence-electron chi connectivity index (χ2n) is 9.83. The average molecular weight is 486 g/mol. The third-order valence-corrected chi connectivity index (χ3v) is 6.74. The van der Waals surface area contributed by atoms with E-state index >= 15 is 8.78 Å². The maximum Gasteiger partial charge on any atom is 0.298 e. The van der Waals surface area contributed by atoms with Crippen molar-refractivity contribution in [2.24, 2.45) is 0 Å². The Morgan fingerprint density at radius 1 is 1.26 bits per heavy atom. The Balaban J connectivity index is 1.45. The predicted octanol–water partition coefficient (Wildman–Crippen LogP) is 4.05. The Kier molecular flexibility index (Phi) is 5.76. The van der Waals surface area contributed by atoms with Crippen LogP contribution >= 0.6 is 0 Å². The lowest BCUT2D eigenvalue weighted by Crippen LogP contribution is -2.60. The largest absolute Gasteiger partial charge is 0.492 e. The zero-order valence-corrected chi connectivity index (χ0v) is 19.9. The van der Waals surface area contributed by atoms with Gasteiger partial charge in [0, 0.05) is 30.6 Å². The van der Waals surface area contributed by atoms with Gasteiger partial charge in [-0.05, 0) is 51.3 Å². The number of hydrogen-bond acceptors (Lipinski definition) is 8. The van der Waals surface area contributed by atoms with Crippen molar-refractivity contribution < 1.29 is 23.7 Å². The van der Waals surface area contributed by atoms with Crippen LogP contribution in [0, 0.1) is 6.92 Å². The molecule has 2 aromatic heterocycles. The molecule has 0 aliphatic carbocycles. The molecule has 4 heterocycles. The van der Waals surface area contributed by atoms with Gasteiger partial charge in [0.2, 0.25) is 5.88 Å². The van der Waals surface area contributed by atoms with E-state index in [1.807, 2.05) is 11.8 Å². The topological polar surface area (TPSA) is 104 Å². The van der Waals surface area contributed by atoms with E-state index in [0.29, 0.717) is 66.2 Å². The molecule has 2 aliphatic heterocycles. The molecule has 0 bridgehead atoms. The third kappa shape index (κ3) is 4.36. The molecule has 2 aliphatic rings. The maximum absolute atomic E-state index is 15.0. The Hall–Kier alpha value is -3.11. The molecule has 2 saturated heterocycles. The first-order valence-electron chi connectivity index (χ1n) is 11.8. The fourth-order valence-corrected chi connectivity index (χ4v) is 4.81. The minimum Gasteiger partial charge on any atom is -0.492 e. The van der Waals surface area contributed by atoms with Gasteiger partial charge in [-0.2, -0.15) is 13.9 Å². The number of aliphatic hydroxyl groups is 1. The van der Waals surface area contributed by atoms with Crippen LogP contribution in [-0.4, -0.2) is 56.8 Å². The minimum atomic E-state index is -3.07. The lowest BCUT2D eigenvalue weighted by atomic mass is 9.96. The van der Waals surface area contributed by atoms with Gasteiger partial charge in [-0.25, -0.2) is 4.98 Å². The Labute approximate surface area is 202 Å². The summed E-state index contributed by atoms with van der Waals surface area (Å²) >= 11 is 0. The van der Waals surface area contributed by atoms with E-state index in [-0.39, 0.29) is 17.5 Å². The minimum absolute atomic E-state index is 0.0749. The van der Waals surface area contributed by atoms with Crippen LogP contribution in [0.5, 0.6) is 5.88 Å². The molecule has 2 fully saturated rings. The van der Waals surface area contributed by atoms with Gasteiger partial charge in [0.15, 0.2) is 5.82 Å². The highest BCUT2D eigenvalue weighted by molar-refractivity contribution is 5.93. The number of aromatic hydroxyl groups is 1. The Bertz CT molecular complexity index is 1260. The summed E-state index contributed by atoms with van der Waals surface area (Å²) in [5.41, 5.74) is 1.30. The first-order valence-corrected chi connectivity index (χ1v) is 11.8. The van der Waals surface area contributed by atoms with Crippen molar-refractivity contribution >= 4 is 22.4 Å². The Morgan fingerprint density at radius 3 is 2.71 bits per heavy atom. The van der Waals surface area contributed by atoms with Crippen LogP contribution in [0.2, 0.25) is 0 Å². The van der Waals surface area contributed by atoms with Crippen LogP contribution in [-0.2, 0) is 10.7 Å². The number of fused-ring (bicyclic) bond motifs is 1.